The van der Waals surface area contributed by atoms with E-state index in [1.807, 2.05) is 30.0 Å². The van der Waals surface area contributed by atoms with E-state index in [0.717, 1.165) is 43.0 Å². The van der Waals surface area contributed by atoms with E-state index in [4.69, 9.17) is 17.3 Å². The van der Waals surface area contributed by atoms with Crippen LogP contribution in [0.2, 0.25) is 5.15 Å². The number of nitrogens with one attached hydrogen (secondary N) is 1. The number of aryl methyl sites for hydroxylation is 2. The van der Waals surface area contributed by atoms with Crippen LogP contribution in [0.4, 0.5) is 5.82 Å². The maximum atomic E-state index is 13.1. The Bertz CT molecular complexity index is 1240. The number of aromatic nitrogens is 4. The first kappa shape index (κ1) is 29.6. The van der Waals surface area contributed by atoms with Crippen LogP contribution in [0, 0.1) is 0 Å². The Labute approximate surface area is 227 Å². The third-order valence-corrected chi connectivity index (χ3v) is 6.43. The van der Waals surface area contributed by atoms with E-state index in [-0.39, 0.29) is 53.9 Å². The van der Waals surface area contributed by atoms with Gasteiger partial charge in [-0.2, -0.15) is 0 Å². The number of carbonyl (C=O) groups is 2. The first-order valence-corrected chi connectivity index (χ1v) is 11.8. The largest absolute Gasteiger partial charge is 1.00 e. The third kappa shape index (κ3) is 5.83. The lowest BCUT2D eigenvalue weighted by atomic mass is 10.1. The number of hydrogen-bond donors (Lipinski definition) is 2. The van der Waals surface area contributed by atoms with E-state index in [1.54, 1.807) is 0 Å². The molecule has 196 valence electrons. The van der Waals surface area contributed by atoms with Crippen molar-refractivity contribution in [3.63, 3.8) is 0 Å². The van der Waals surface area contributed by atoms with Gasteiger partial charge in [0.05, 0.1) is 19.3 Å². The van der Waals surface area contributed by atoms with Crippen LogP contribution in [0.1, 0.15) is 40.5 Å². The number of fused-ring (bicyclic) bond motifs is 1. The summed E-state index contributed by atoms with van der Waals surface area (Å²) < 4.78 is 4.25. The van der Waals surface area contributed by atoms with Crippen molar-refractivity contribution in [3.05, 3.63) is 46.6 Å². The van der Waals surface area contributed by atoms with Gasteiger partial charge in [-0.3, -0.25) is 9.59 Å². The number of halogens is 3. The van der Waals surface area contributed by atoms with Crippen LogP contribution in [0.15, 0.2) is 24.4 Å². The van der Waals surface area contributed by atoms with Gasteiger partial charge in [-0.05, 0) is 33.0 Å². The molecule has 0 saturated carbocycles. The van der Waals surface area contributed by atoms with Crippen LogP contribution in [0.25, 0.3) is 11.0 Å². The summed E-state index contributed by atoms with van der Waals surface area (Å²) in [7, 11) is 2.07. The SMILES string of the molecule is CCn1c(CNC(=O)c2nc(Cl)cnc2N)[n+](CC)c2ccc(C(=O)N3CCN(C)CC3)cc21.Cl.[Cl-]. The highest BCUT2D eigenvalue weighted by atomic mass is 35.5. The molecule has 0 radical (unpaired) electrons. The number of nitrogens with two attached hydrogens (primary N) is 1. The lowest BCUT2D eigenvalue weighted by Gasteiger charge is -2.32. The molecular formula is C23H31Cl3N8O2. The average Bonchev–Trinajstić information content (AvgIpc) is 3.15. The van der Waals surface area contributed by atoms with Gasteiger partial charge in [-0.15, -0.1) is 12.4 Å². The van der Waals surface area contributed by atoms with Crippen molar-refractivity contribution in [3.8, 4) is 0 Å². The van der Waals surface area contributed by atoms with Crippen LogP contribution in [0.5, 0.6) is 0 Å². The molecule has 0 aliphatic carbocycles. The molecule has 1 aliphatic rings. The molecule has 2 aromatic heterocycles. The second kappa shape index (κ2) is 12.5. The summed E-state index contributed by atoms with van der Waals surface area (Å²) in [5, 5.41) is 2.99. The highest BCUT2D eigenvalue weighted by Gasteiger charge is 2.27. The van der Waals surface area contributed by atoms with E-state index in [2.05, 4.69) is 43.3 Å². The van der Waals surface area contributed by atoms with Crippen molar-refractivity contribution in [2.75, 3.05) is 39.0 Å². The molecule has 3 N–H and O–H groups in total. The molecule has 36 heavy (non-hydrogen) atoms. The highest BCUT2D eigenvalue weighted by Crippen LogP contribution is 2.19. The van der Waals surface area contributed by atoms with Crippen molar-refractivity contribution in [2.45, 2.75) is 33.5 Å². The lowest BCUT2D eigenvalue weighted by molar-refractivity contribution is -0.676. The number of nitrogen functional groups attached to an aromatic ring is 1. The van der Waals surface area contributed by atoms with Crippen molar-refractivity contribution in [1.82, 2.24) is 29.7 Å². The van der Waals surface area contributed by atoms with E-state index in [0.29, 0.717) is 18.7 Å². The fourth-order valence-corrected chi connectivity index (χ4v) is 4.53. The molecule has 0 spiro atoms. The number of benzene rings is 1. The average molecular weight is 558 g/mol. The van der Waals surface area contributed by atoms with Gasteiger partial charge in [-0.1, -0.05) is 11.6 Å². The lowest BCUT2D eigenvalue weighted by Crippen LogP contribution is -3.00. The van der Waals surface area contributed by atoms with Gasteiger partial charge >= 0.3 is 0 Å². The smallest absolute Gasteiger partial charge is 0.277 e. The molecule has 0 unspecified atom stereocenters. The maximum absolute atomic E-state index is 13.1. The predicted octanol–water partition coefficient (Wildman–Crippen LogP) is -1.26. The summed E-state index contributed by atoms with van der Waals surface area (Å²) in [6.07, 6.45) is 1.30. The second-order valence-electron chi connectivity index (χ2n) is 8.31. The molecular weight excluding hydrogens is 527 g/mol. The van der Waals surface area contributed by atoms with Crippen LogP contribution in [-0.4, -0.2) is 69.4 Å². The molecule has 13 heteroatoms. The molecule has 0 atom stereocenters. The first-order valence-electron chi connectivity index (χ1n) is 11.4. The number of carbonyl (C=O) groups excluding carboxylic acids is 2. The van der Waals surface area contributed by atoms with E-state index < -0.39 is 5.91 Å². The molecule has 3 aromatic rings. The minimum atomic E-state index is -0.450. The Morgan fingerprint density at radius 2 is 1.89 bits per heavy atom. The second-order valence-corrected chi connectivity index (χ2v) is 8.70. The van der Waals surface area contributed by atoms with Gasteiger partial charge < -0.3 is 33.3 Å². The summed E-state index contributed by atoms with van der Waals surface area (Å²) in [4.78, 5) is 37.9. The monoisotopic (exact) mass is 556 g/mol. The number of anilines is 1. The van der Waals surface area contributed by atoms with Gasteiger partial charge in [0.1, 0.15) is 11.7 Å². The highest BCUT2D eigenvalue weighted by molar-refractivity contribution is 6.29. The number of hydrogen-bond acceptors (Lipinski definition) is 6. The molecule has 1 aliphatic heterocycles. The molecule has 1 fully saturated rings. The summed E-state index contributed by atoms with van der Waals surface area (Å²) >= 11 is 5.88. The first-order chi connectivity index (χ1) is 16.3. The van der Waals surface area contributed by atoms with Crippen molar-refractivity contribution < 1.29 is 26.6 Å². The quantitative estimate of drug-likeness (QED) is 0.366. The normalized spacial score (nSPS) is 13.7. The van der Waals surface area contributed by atoms with Gasteiger partial charge in [0, 0.05) is 37.8 Å². The zero-order valence-corrected chi connectivity index (χ0v) is 22.8. The molecule has 10 nitrogen and oxygen atoms in total. The number of amides is 2. The van der Waals surface area contributed by atoms with Crippen molar-refractivity contribution in [1.29, 1.82) is 0 Å². The molecule has 0 bridgehead atoms. The fraction of sp³-hybridized carbons (Fsp3) is 0.435. The summed E-state index contributed by atoms with van der Waals surface area (Å²) in [5.74, 6) is 0.528. The maximum Gasteiger partial charge on any atom is 0.277 e. The Morgan fingerprint density at radius 1 is 1.19 bits per heavy atom. The Kier molecular flexibility index (Phi) is 10.3. The zero-order chi connectivity index (χ0) is 24.4. The van der Waals surface area contributed by atoms with Gasteiger partial charge in [0.25, 0.3) is 17.6 Å². The molecule has 1 aromatic carbocycles. The van der Waals surface area contributed by atoms with Crippen molar-refractivity contribution >= 4 is 52.7 Å². The molecule has 4 rings (SSSR count). The summed E-state index contributed by atoms with van der Waals surface area (Å²) in [6.45, 7) is 8.94. The number of likely N-dealkylation sites (N-methyl/N-ethyl adjacent to an activating group) is 1. The topological polar surface area (TPSA) is 113 Å². The van der Waals surface area contributed by atoms with E-state index in [9.17, 15) is 9.59 Å². The van der Waals surface area contributed by atoms with E-state index in [1.165, 1.54) is 6.20 Å². The molecule has 1 saturated heterocycles. The number of piperazine rings is 1. The van der Waals surface area contributed by atoms with E-state index >= 15 is 0 Å². The predicted molar refractivity (Wildman–Crippen MR) is 137 cm³/mol. The Balaban J connectivity index is 0.00000228. The third-order valence-electron chi connectivity index (χ3n) is 6.24. The zero-order valence-electron chi connectivity index (χ0n) is 20.5. The van der Waals surface area contributed by atoms with Gasteiger partial charge in [0.2, 0.25) is 0 Å². The minimum absolute atomic E-state index is 0. The summed E-state index contributed by atoms with van der Waals surface area (Å²) in [5.41, 5.74) is 8.43. The van der Waals surface area contributed by atoms with Gasteiger partial charge in [0.15, 0.2) is 22.5 Å². The van der Waals surface area contributed by atoms with Gasteiger partial charge in [-0.25, -0.2) is 19.1 Å². The molecule has 2 amide bonds. The molecule has 3 heterocycles. The minimum Gasteiger partial charge on any atom is -1.00 e. The summed E-state index contributed by atoms with van der Waals surface area (Å²) in [6, 6.07) is 5.83. The number of imidazole rings is 1. The van der Waals surface area contributed by atoms with Crippen LogP contribution in [-0.2, 0) is 19.6 Å². The number of nitrogens with zero attached hydrogens (tertiary/aromatic N) is 6. The fourth-order valence-electron chi connectivity index (χ4n) is 4.40. The standard InChI is InChI=1S/C23H29ClN8O2.2ClH/c1-4-31-16-7-6-15(23(34)30-10-8-29(3)9-11-30)12-17(16)32(5-2)19(31)14-27-22(33)20-21(25)26-13-18(24)28-20;;/h6-7,12-13H,4-5,8-11,14H2,1-3H3,(H2-,25,26,27,33);2*1H. The Morgan fingerprint density at radius 3 is 2.53 bits per heavy atom. The Hall–Kier alpha value is -2.66. The van der Waals surface area contributed by atoms with Crippen LogP contribution < -0.4 is 28.0 Å². The van der Waals surface area contributed by atoms with Crippen molar-refractivity contribution in [2.24, 2.45) is 0 Å². The van der Waals surface area contributed by atoms with Crippen LogP contribution >= 0.6 is 24.0 Å². The van der Waals surface area contributed by atoms with Crippen LogP contribution in [0.3, 0.4) is 0 Å². The number of rotatable bonds is 6.